The lowest BCUT2D eigenvalue weighted by molar-refractivity contribution is -0.149. The molecule has 1 unspecified atom stereocenters. The Kier molecular flexibility index (Phi) is 2.97. The number of carbonyl (C=O) groups is 1. The van der Waals surface area contributed by atoms with Crippen molar-refractivity contribution in [3.05, 3.63) is 22.0 Å². The summed E-state index contributed by atoms with van der Waals surface area (Å²) in [4.78, 5) is 23.0. The van der Waals surface area contributed by atoms with Crippen molar-refractivity contribution in [2.75, 3.05) is 6.61 Å². The number of oxazole rings is 1. The molecule has 18 heavy (non-hydrogen) atoms. The van der Waals surface area contributed by atoms with Crippen molar-refractivity contribution in [2.45, 2.75) is 24.9 Å². The molecule has 1 atom stereocenters. The number of nitrogens with zero attached hydrogens (tertiary/aromatic N) is 2. The van der Waals surface area contributed by atoms with Crippen LogP contribution in [-0.2, 0) is 28.6 Å². The highest BCUT2D eigenvalue weighted by molar-refractivity contribution is 5.81. The molecular weight excluding hydrogens is 240 g/mol. The molecule has 7 heteroatoms. The molecule has 0 spiro atoms. The van der Waals surface area contributed by atoms with E-state index in [1.807, 2.05) is 6.07 Å². The second kappa shape index (κ2) is 4.31. The molecule has 1 aliphatic heterocycles. The third kappa shape index (κ3) is 1.62. The molecular formula is C11H12N2O5. The Morgan fingerprint density at radius 1 is 1.67 bits per heavy atom. The standard InChI is InChI=1S/C11H12N2O5/c1-13-7-5-17-6-11(9(14)15,3-2-4-12)8(7)18-10(13)16/h2-3,5-6H2,1H3,(H,14,15). The van der Waals surface area contributed by atoms with Crippen molar-refractivity contribution in [1.82, 2.24) is 4.57 Å². The van der Waals surface area contributed by atoms with Crippen LogP contribution in [0.5, 0.6) is 0 Å². The molecule has 0 amide bonds. The summed E-state index contributed by atoms with van der Waals surface area (Å²) in [5.74, 6) is -1.65. The Balaban J connectivity index is 2.58. The van der Waals surface area contributed by atoms with Gasteiger partial charge in [-0.3, -0.25) is 9.36 Å². The lowest BCUT2D eigenvalue weighted by Gasteiger charge is -2.30. The van der Waals surface area contributed by atoms with Gasteiger partial charge < -0.3 is 14.3 Å². The predicted octanol–water partition coefficient (Wildman–Crippen LogP) is 0.135. The third-order valence-corrected chi connectivity index (χ3v) is 3.23. The van der Waals surface area contributed by atoms with E-state index in [4.69, 9.17) is 14.4 Å². The number of aliphatic carboxylic acids is 1. The van der Waals surface area contributed by atoms with Crippen molar-refractivity contribution in [3.63, 3.8) is 0 Å². The zero-order valence-corrected chi connectivity index (χ0v) is 9.80. The van der Waals surface area contributed by atoms with Crippen LogP contribution in [0.4, 0.5) is 0 Å². The van der Waals surface area contributed by atoms with Crippen LogP contribution in [0, 0.1) is 11.3 Å². The molecule has 0 aliphatic carbocycles. The van der Waals surface area contributed by atoms with Crippen LogP contribution in [0.1, 0.15) is 24.3 Å². The molecule has 96 valence electrons. The van der Waals surface area contributed by atoms with E-state index in [2.05, 4.69) is 0 Å². The predicted molar refractivity (Wildman–Crippen MR) is 57.8 cm³/mol. The van der Waals surface area contributed by atoms with Gasteiger partial charge in [0, 0.05) is 13.5 Å². The average molecular weight is 252 g/mol. The summed E-state index contributed by atoms with van der Waals surface area (Å²) < 4.78 is 11.5. The number of hydrogen-bond acceptors (Lipinski definition) is 5. The number of carboxylic acid groups (broad SMARTS) is 1. The van der Waals surface area contributed by atoms with Gasteiger partial charge in [0.25, 0.3) is 0 Å². The summed E-state index contributed by atoms with van der Waals surface area (Å²) >= 11 is 0. The third-order valence-electron chi connectivity index (χ3n) is 3.23. The zero-order chi connectivity index (χ0) is 13.3. The molecule has 0 saturated heterocycles. The van der Waals surface area contributed by atoms with E-state index < -0.39 is 17.1 Å². The summed E-state index contributed by atoms with van der Waals surface area (Å²) in [6, 6.07) is 1.90. The first-order valence-electron chi connectivity index (χ1n) is 5.40. The first-order chi connectivity index (χ1) is 8.53. The van der Waals surface area contributed by atoms with Crippen LogP contribution >= 0.6 is 0 Å². The van der Waals surface area contributed by atoms with Gasteiger partial charge in [-0.05, 0) is 6.42 Å². The molecule has 7 nitrogen and oxygen atoms in total. The molecule has 0 bridgehead atoms. The second-order valence-electron chi connectivity index (χ2n) is 4.24. The van der Waals surface area contributed by atoms with Crippen LogP contribution in [0.3, 0.4) is 0 Å². The fourth-order valence-corrected chi connectivity index (χ4v) is 2.12. The number of hydrogen-bond donors (Lipinski definition) is 1. The number of nitriles is 1. The quantitative estimate of drug-likeness (QED) is 0.819. The lowest BCUT2D eigenvalue weighted by atomic mass is 9.79. The van der Waals surface area contributed by atoms with Crippen molar-refractivity contribution in [1.29, 1.82) is 5.26 Å². The number of fused-ring (bicyclic) bond motifs is 1. The van der Waals surface area contributed by atoms with Crippen molar-refractivity contribution >= 4 is 5.97 Å². The van der Waals surface area contributed by atoms with Gasteiger partial charge in [-0.2, -0.15) is 5.26 Å². The normalized spacial score (nSPS) is 22.2. The molecule has 2 heterocycles. The smallest absolute Gasteiger partial charge is 0.419 e. The van der Waals surface area contributed by atoms with Gasteiger partial charge >= 0.3 is 11.7 Å². The second-order valence-corrected chi connectivity index (χ2v) is 4.24. The maximum atomic E-state index is 11.5. The Bertz CT molecular complexity index is 579. The minimum Gasteiger partial charge on any atom is -0.480 e. The molecule has 1 aliphatic rings. The van der Waals surface area contributed by atoms with Crippen LogP contribution in [0.25, 0.3) is 0 Å². The molecule has 1 aromatic heterocycles. The summed E-state index contributed by atoms with van der Waals surface area (Å²) in [5.41, 5.74) is -1.02. The first kappa shape index (κ1) is 12.4. The van der Waals surface area contributed by atoms with E-state index in [0.29, 0.717) is 5.69 Å². The maximum absolute atomic E-state index is 11.5. The fourth-order valence-electron chi connectivity index (χ4n) is 2.12. The monoisotopic (exact) mass is 252 g/mol. The van der Waals surface area contributed by atoms with Gasteiger partial charge in [-0.25, -0.2) is 4.79 Å². The van der Waals surface area contributed by atoms with E-state index in [1.54, 1.807) is 0 Å². The van der Waals surface area contributed by atoms with Crippen LogP contribution in [0.2, 0.25) is 0 Å². The first-order valence-corrected chi connectivity index (χ1v) is 5.40. The summed E-state index contributed by atoms with van der Waals surface area (Å²) in [6.45, 7) is 0.0448. The summed E-state index contributed by atoms with van der Waals surface area (Å²) in [7, 11) is 1.50. The average Bonchev–Trinajstić information content (AvgIpc) is 2.64. The van der Waals surface area contributed by atoms with Crippen LogP contribution < -0.4 is 5.76 Å². The molecule has 0 aromatic carbocycles. The Morgan fingerprint density at radius 3 is 3.00 bits per heavy atom. The largest absolute Gasteiger partial charge is 0.480 e. The molecule has 0 radical (unpaired) electrons. The van der Waals surface area contributed by atoms with Gasteiger partial charge in [-0.1, -0.05) is 0 Å². The van der Waals surface area contributed by atoms with E-state index in [1.165, 1.54) is 11.6 Å². The van der Waals surface area contributed by atoms with Crippen molar-refractivity contribution in [3.8, 4) is 6.07 Å². The van der Waals surface area contributed by atoms with E-state index in [9.17, 15) is 14.7 Å². The Labute approximate surface area is 102 Å². The highest BCUT2D eigenvalue weighted by atomic mass is 16.5. The topological polar surface area (TPSA) is 105 Å². The minimum atomic E-state index is -1.44. The molecule has 1 aromatic rings. The van der Waals surface area contributed by atoms with Gasteiger partial charge in [0.1, 0.15) is 0 Å². The Morgan fingerprint density at radius 2 is 2.39 bits per heavy atom. The van der Waals surface area contributed by atoms with E-state index >= 15 is 0 Å². The number of ether oxygens (including phenoxy) is 1. The summed E-state index contributed by atoms with van der Waals surface area (Å²) in [5, 5.41) is 18.0. The maximum Gasteiger partial charge on any atom is 0.419 e. The number of aromatic nitrogens is 1. The minimum absolute atomic E-state index is 0.0493. The highest BCUT2D eigenvalue weighted by Gasteiger charge is 2.48. The lowest BCUT2D eigenvalue weighted by Crippen LogP contribution is -2.43. The van der Waals surface area contributed by atoms with Gasteiger partial charge in [0.05, 0.1) is 25.0 Å². The molecule has 1 N–H and O–H groups in total. The number of carboxylic acids is 1. The van der Waals surface area contributed by atoms with E-state index in [0.717, 1.165) is 0 Å². The van der Waals surface area contributed by atoms with Crippen molar-refractivity contribution in [2.24, 2.45) is 7.05 Å². The molecule has 2 rings (SSSR count). The number of rotatable bonds is 3. The van der Waals surface area contributed by atoms with Gasteiger partial charge in [0.15, 0.2) is 11.2 Å². The van der Waals surface area contributed by atoms with Crippen LogP contribution in [0.15, 0.2) is 9.21 Å². The van der Waals surface area contributed by atoms with E-state index in [-0.39, 0.29) is 31.8 Å². The Hall–Kier alpha value is -2.07. The molecule has 0 fully saturated rings. The summed E-state index contributed by atoms with van der Waals surface area (Å²) in [6.07, 6.45) is 0.104. The highest BCUT2D eigenvalue weighted by Crippen LogP contribution is 2.36. The van der Waals surface area contributed by atoms with Crippen LogP contribution in [-0.4, -0.2) is 22.2 Å². The van der Waals surface area contributed by atoms with Gasteiger partial charge in [0.2, 0.25) is 0 Å². The SMILES string of the molecule is Cn1c2c(oc1=O)C(CCC#N)(C(=O)O)COC2. The zero-order valence-electron chi connectivity index (χ0n) is 9.80. The van der Waals surface area contributed by atoms with Gasteiger partial charge in [-0.15, -0.1) is 0 Å². The fraction of sp³-hybridized carbons (Fsp3) is 0.545. The molecule has 0 saturated carbocycles. The van der Waals surface area contributed by atoms with Crippen molar-refractivity contribution < 1.29 is 19.1 Å².